The van der Waals surface area contributed by atoms with Crippen LogP contribution in [0, 0.1) is 11.8 Å². The molecule has 1 amide bonds. The molecule has 14 heavy (non-hydrogen) atoms. The molecular formula is C10H17NO3. The van der Waals surface area contributed by atoms with E-state index in [1.54, 1.807) is 13.8 Å². The highest BCUT2D eigenvalue weighted by Crippen LogP contribution is 2.38. The summed E-state index contributed by atoms with van der Waals surface area (Å²) in [4.78, 5) is 24.0. The lowest BCUT2D eigenvalue weighted by Crippen LogP contribution is -2.72. The van der Waals surface area contributed by atoms with Crippen LogP contribution in [0.1, 0.15) is 27.7 Å². The summed E-state index contributed by atoms with van der Waals surface area (Å²) in [5.41, 5.74) is -0.999. The molecule has 4 heteroatoms. The zero-order chi connectivity index (χ0) is 11.1. The minimum absolute atomic E-state index is 0.0522. The summed E-state index contributed by atoms with van der Waals surface area (Å²) in [6, 6.07) is 0. The molecular weight excluding hydrogens is 182 g/mol. The second-order valence-corrected chi connectivity index (χ2v) is 4.52. The van der Waals surface area contributed by atoms with Crippen LogP contribution in [-0.4, -0.2) is 34.0 Å². The number of rotatable bonds is 3. The van der Waals surface area contributed by atoms with Crippen molar-refractivity contribution in [3.63, 3.8) is 0 Å². The molecule has 4 nitrogen and oxygen atoms in total. The number of aliphatic carboxylic acids is 1. The minimum Gasteiger partial charge on any atom is -0.479 e. The summed E-state index contributed by atoms with van der Waals surface area (Å²) in [6.07, 6.45) is 0. The summed E-state index contributed by atoms with van der Waals surface area (Å²) >= 11 is 0. The van der Waals surface area contributed by atoms with Crippen molar-refractivity contribution in [3.8, 4) is 0 Å². The second kappa shape index (κ2) is 3.26. The van der Waals surface area contributed by atoms with Gasteiger partial charge in [0.05, 0.1) is 5.92 Å². The Hall–Kier alpha value is -1.06. The van der Waals surface area contributed by atoms with Crippen LogP contribution in [-0.2, 0) is 9.59 Å². The van der Waals surface area contributed by atoms with Crippen molar-refractivity contribution < 1.29 is 14.7 Å². The predicted molar refractivity (Wildman–Crippen MR) is 51.8 cm³/mol. The number of carboxylic acid groups (broad SMARTS) is 1. The Kier molecular flexibility index (Phi) is 2.56. The Labute approximate surface area is 83.9 Å². The predicted octanol–water partition coefficient (Wildman–Crippen LogP) is 0.964. The molecule has 0 aromatic rings. The van der Waals surface area contributed by atoms with Crippen molar-refractivity contribution in [2.24, 2.45) is 11.8 Å². The van der Waals surface area contributed by atoms with Crippen molar-refractivity contribution in [1.82, 2.24) is 4.90 Å². The molecule has 0 aromatic carbocycles. The third-order valence-electron chi connectivity index (χ3n) is 3.02. The molecule has 0 saturated carbocycles. The van der Waals surface area contributed by atoms with Crippen LogP contribution in [0.5, 0.6) is 0 Å². The summed E-state index contributed by atoms with van der Waals surface area (Å²) in [7, 11) is 0. The van der Waals surface area contributed by atoms with Gasteiger partial charge in [-0.25, -0.2) is 4.79 Å². The Morgan fingerprint density at radius 3 is 2.50 bits per heavy atom. The molecule has 0 spiro atoms. The van der Waals surface area contributed by atoms with Gasteiger partial charge in [-0.1, -0.05) is 20.8 Å². The molecule has 1 saturated heterocycles. The van der Waals surface area contributed by atoms with E-state index in [-0.39, 0.29) is 5.91 Å². The van der Waals surface area contributed by atoms with Crippen LogP contribution >= 0.6 is 0 Å². The number of nitrogens with zero attached hydrogens (tertiary/aromatic N) is 1. The van der Waals surface area contributed by atoms with Gasteiger partial charge in [0, 0.05) is 6.54 Å². The fourth-order valence-corrected chi connectivity index (χ4v) is 1.82. The van der Waals surface area contributed by atoms with Crippen molar-refractivity contribution in [2.75, 3.05) is 6.54 Å². The Morgan fingerprint density at radius 1 is 1.64 bits per heavy atom. The highest BCUT2D eigenvalue weighted by Gasteiger charge is 2.59. The van der Waals surface area contributed by atoms with Gasteiger partial charge in [-0.05, 0) is 12.8 Å². The van der Waals surface area contributed by atoms with Crippen LogP contribution in [0.3, 0.4) is 0 Å². The highest BCUT2D eigenvalue weighted by atomic mass is 16.4. The number of amides is 1. The monoisotopic (exact) mass is 199 g/mol. The van der Waals surface area contributed by atoms with Gasteiger partial charge in [-0.3, -0.25) is 4.79 Å². The molecule has 1 fully saturated rings. The molecule has 2 unspecified atom stereocenters. The van der Waals surface area contributed by atoms with Crippen LogP contribution in [0.4, 0.5) is 0 Å². The Morgan fingerprint density at radius 2 is 2.14 bits per heavy atom. The maximum Gasteiger partial charge on any atom is 0.330 e. The number of carbonyl (C=O) groups excluding carboxylic acids is 1. The number of hydrogen-bond donors (Lipinski definition) is 1. The summed E-state index contributed by atoms with van der Waals surface area (Å²) in [5, 5.41) is 9.07. The first-order chi connectivity index (χ1) is 6.31. The third kappa shape index (κ3) is 1.29. The summed E-state index contributed by atoms with van der Waals surface area (Å²) < 4.78 is 0. The topological polar surface area (TPSA) is 57.6 Å². The van der Waals surface area contributed by atoms with Crippen LogP contribution in [0.2, 0.25) is 0 Å². The van der Waals surface area contributed by atoms with Crippen molar-refractivity contribution in [1.29, 1.82) is 0 Å². The number of carboxylic acids is 1. The maximum absolute atomic E-state index is 11.5. The van der Waals surface area contributed by atoms with E-state index in [2.05, 4.69) is 0 Å². The zero-order valence-corrected chi connectivity index (χ0v) is 9.07. The number of likely N-dealkylation sites (tertiary alicyclic amines) is 1. The van der Waals surface area contributed by atoms with E-state index in [0.717, 1.165) is 0 Å². The van der Waals surface area contributed by atoms with E-state index in [0.29, 0.717) is 12.5 Å². The standard InChI is InChI=1S/C10H17NO3/c1-6(2)5-11-8(12)7(3)10(11,4)9(13)14/h6-7H,5H2,1-4H3,(H,13,14). The fourth-order valence-electron chi connectivity index (χ4n) is 1.82. The van der Waals surface area contributed by atoms with Gasteiger partial charge in [-0.2, -0.15) is 0 Å². The first-order valence-corrected chi connectivity index (χ1v) is 4.86. The van der Waals surface area contributed by atoms with Gasteiger partial charge in [0.2, 0.25) is 5.91 Å². The van der Waals surface area contributed by atoms with E-state index in [1.807, 2.05) is 13.8 Å². The van der Waals surface area contributed by atoms with E-state index in [1.165, 1.54) is 4.90 Å². The first kappa shape index (κ1) is 11.0. The van der Waals surface area contributed by atoms with E-state index >= 15 is 0 Å². The fraction of sp³-hybridized carbons (Fsp3) is 0.800. The average molecular weight is 199 g/mol. The molecule has 1 aliphatic rings. The molecule has 1 aliphatic heterocycles. The van der Waals surface area contributed by atoms with Crippen molar-refractivity contribution in [3.05, 3.63) is 0 Å². The second-order valence-electron chi connectivity index (χ2n) is 4.52. The van der Waals surface area contributed by atoms with Gasteiger partial charge >= 0.3 is 5.97 Å². The van der Waals surface area contributed by atoms with Gasteiger partial charge in [-0.15, -0.1) is 0 Å². The molecule has 80 valence electrons. The molecule has 1 rings (SSSR count). The van der Waals surface area contributed by atoms with E-state index in [4.69, 9.17) is 5.11 Å². The SMILES string of the molecule is CC(C)CN1C(=O)C(C)C1(C)C(=O)O. The molecule has 1 N–H and O–H groups in total. The van der Waals surface area contributed by atoms with Crippen molar-refractivity contribution in [2.45, 2.75) is 33.2 Å². The third-order valence-corrected chi connectivity index (χ3v) is 3.02. The highest BCUT2D eigenvalue weighted by molar-refractivity contribution is 5.99. The lowest BCUT2D eigenvalue weighted by atomic mass is 9.75. The normalized spacial score (nSPS) is 31.9. The average Bonchev–Trinajstić information content (AvgIpc) is 2.11. The Balaban J connectivity index is 2.84. The molecule has 0 aliphatic carbocycles. The molecule has 0 aromatic heterocycles. The summed E-state index contributed by atoms with van der Waals surface area (Å²) in [5.74, 6) is -1.07. The van der Waals surface area contributed by atoms with Gasteiger partial charge in [0.25, 0.3) is 0 Å². The first-order valence-electron chi connectivity index (χ1n) is 4.86. The summed E-state index contributed by atoms with van der Waals surface area (Å²) in [6.45, 7) is 7.75. The quantitative estimate of drug-likeness (QED) is 0.689. The maximum atomic E-state index is 11.5. The van der Waals surface area contributed by atoms with E-state index < -0.39 is 17.4 Å². The largest absolute Gasteiger partial charge is 0.479 e. The van der Waals surface area contributed by atoms with Crippen LogP contribution < -0.4 is 0 Å². The van der Waals surface area contributed by atoms with Crippen molar-refractivity contribution >= 4 is 11.9 Å². The van der Waals surface area contributed by atoms with E-state index in [9.17, 15) is 9.59 Å². The minimum atomic E-state index is -0.999. The van der Waals surface area contributed by atoms with Crippen LogP contribution in [0.15, 0.2) is 0 Å². The molecule has 2 atom stereocenters. The lowest BCUT2D eigenvalue weighted by molar-refractivity contribution is -0.185. The Bertz CT molecular complexity index is 275. The van der Waals surface area contributed by atoms with Gasteiger partial charge in [0.15, 0.2) is 0 Å². The molecule has 1 heterocycles. The van der Waals surface area contributed by atoms with Gasteiger partial charge in [0.1, 0.15) is 5.54 Å². The molecule has 0 bridgehead atoms. The smallest absolute Gasteiger partial charge is 0.330 e. The lowest BCUT2D eigenvalue weighted by Gasteiger charge is -2.52. The van der Waals surface area contributed by atoms with Crippen LogP contribution in [0.25, 0.3) is 0 Å². The van der Waals surface area contributed by atoms with Gasteiger partial charge < -0.3 is 10.0 Å². The zero-order valence-electron chi connectivity index (χ0n) is 9.07. The molecule has 0 radical (unpaired) electrons. The number of carbonyl (C=O) groups is 2. The number of β-lactam (4-membered cyclic amide) rings is 1. The number of hydrogen-bond acceptors (Lipinski definition) is 2.